The molecule has 0 radical (unpaired) electrons. The molecular weight excluding hydrogens is 322 g/mol. The summed E-state index contributed by atoms with van der Waals surface area (Å²) in [6, 6.07) is 9.68. The van der Waals surface area contributed by atoms with Crippen molar-refractivity contribution < 1.29 is 4.79 Å². The third-order valence-electron chi connectivity index (χ3n) is 3.71. The Labute approximate surface area is 144 Å². The van der Waals surface area contributed by atoms with Crippen molar-refractivity contribution >= 4 is 22.4 Å². The molecule has 0 aliphatic heterocycles. The van der Waals surface area contributed by atoms with Gasteiger partial charge in [-0.15, -0.1) is 11.3 Å². The first-order valence-corrected chi connectivity index (χ1v) is 8.59. The van der Waals surface area contributed by atoms with Gasteiger partial charge in [-0.2, -0.15) is 5.10 Å². The summed E-state index contributed by atoms with van der Waals surface area (Å²) in [5, 5.41) is 9.73. The van der Waals surface area contributed by atoms with Crippen molar-refractivity contribution in [1.82, 2.24) is 20.1 Å². The lowest BCUT2D eigenvalue weighted by atomic mass is 10.1. The average Bonchev–Trinajstić information content (AvgIpc) is 3.24. The molecule has 2 heterocycles. The van der Waals surface area contributed by atoms with E-state index in [1.165, 1.54) is 11.3 Å². The van der Waals surface area contributed by atoms with Gasteiger partial charge in [-0.1, -0.05) is 18.2 Å². The number of nitrogens with two attached hydrogens (primary N) is 1. The molecule has 0 fully saturated rings. The van der Waals surface area contributed by atoms with Crippen LogP contribution < -0.4 is 11.1 Å². The summed E-state index contributed by atoms with van der Waals surface area (Å²) in [5.74, 6) is -0.00987. The fraction of sp³-hybridized carbons (Fsp3) is 0.235. The highest BCUT2D eigenvalue weighted by molar-refractivity contribution is 7.13. The first-order valence-electron chi connectivity index (χ1n) is 7.71. The molecule has 1 amide bonds. The van der Waals surface area contributed by atoms with Crippen molar-refractivity contribution in [3.8, 4) is 5.69 Å². The van der Waals surface area contributed by atoms with E-state index in [2.05, 4.69) is 15.4 Å². The van der Waals surface area contributed by atoms with Crippen LogP contribution in [0.4, 0.5) is 5.13 Å². The summed E-state index contributed by atoms with van der Waals surface area (Å²) in [7, 11) is 0. The molecule has 24 heavy (non-hydrogen) atoms. The van der Waals surface area contributed by atoms with Gasteiger partial charge in [0.25, 0.3) is 0 Å². The number of aryl methyl sites for hydroxylation is 1. The van der Waals surface area contributed by atoms with Gasteiger partial charge >= 0.3 is 0 Å². The highest BCUT2D eigenvalue weighted by Gasteiger charge is 2.14. The summed E-state index contributed by atoms with van der Waals surface area (Å²) in [4.78, 5) is 16.4. The number of aromatic nitrogens is 3. The zero-order valence-corrected chi connectivity index (χ0v) is 14.2. The van der Waals surface area contributed by atoms with E-state index >= 15 is 0 Å². The number of hydrogen-bond donors (Lipinski definition) is 2. The van der Waals surface area contributed by atoms with Crippen LogP contribution in [0.2, 0.25) is 0 Å². The third-order valence-corrected chi connectivity index (χ3v) is 4.43. The summed E-state index contributed by atoms with van der Waals surface area (Å²) < 4.78 is 1.80. The Morgan fingerprint density at radius 1 is 1.38 bits per heavy atom. The van der Waals surface area contributed by atoms with Gasteiger partial charge in [0.05, 0.1) is 17.4 Å². The number of anilines is 1. The predicted octanol–water partition coefficient (Wildman–Crippen LogP) is 2.72. The highest BCUT2D eigenvalue weighted by atomic mass is 32.1. The van der Waals surface area contributed by atoms with Crippen molar-refractivity contribution in [1.29, 1.82) is 0 Å². The minimum absolute atomic E-state index is 0.00987. The number of benzene rings is 1. The quantitative estimate of drug-likeness (QED) is 0.722. The second-order valence-electron chi connectivity index (χ2n) is 5.48. The van der Waals surface area contributed by atoms with Gasteiger partial charge in [-0.3, -0.25) is 4.79 Å². The van der Waals surface area contributed by atoms with Gasteiger partial charge in [0, 0.05) is 24.2 Å². The standard InChI is InChI=1S/C17H19N5OS/c1-12(20-16(23)8-7-13-11-24-17(18)21-13)14-5-2-3-6-15(14)22-10-4-9-19-22/h2-6,9-12H,7-8H2,1H3,(H2,18,21)(H,20,23). The second kappa shape index (κ2) is 7.27. The Hall–Kier alpha value is -2.67. The van der Waals surface area contributed by atoms with Crippen molar-refractivity contribution in [3.05, 3.63) is 59.4 Å². The molecule has 7 heteroatoms. The molecule has 0 spiro atoms. The Morgan fingerprint density at radius 3 is 2.92 bits per heavy atom. The molecule has 0 saturated carbocycles. The van der Waals surface area contributed by atoms with Crippen LogP contribution in [0.1, 0.15) is 30.6 Å². The zero-order chi connectivity index (χ0) is 16.9. The van der Waals surface area contributed by atoms with E-state index in [9.17, 15) is 4.79 Å². The maximum Gasteiger partial charge on any atom is 0.220 e. The summed E-state index contributed by atoms with van der Waals surface area (Å²) in [6.45, 7) is 1.97. The maximum absolute atomic E-state index is 12.2. The Kier molecular flexibility index (Phi) is 4.90. The van der Waals surface area contributed by atoms with E-state index in [0.29, 0.717) is 18.0 Å². The zero-order valence-electron chi connectivity index (χ0n) is 13.3. The number of hydrogen-bond acceptors (Lipinski definition) is 5. The smallest absolute Gasteiger partial charge is 0.220 e. The maximum atomic E-state index is 12.2. The number of rotatable bonds is 6. The van der Waals surface area contributed by atoms with Crippen LogP contribution in [0.15, 0.2) is 48.1 Å². The largest absolute Gasteiger partial charge is 0.375 e. The van der Waals surface area contributed by atoms with Crippen LogP contribution in [0.3, 0.4) is 0 Å². The number of thiazole rings is 1. The van der Waals surface area contributed by atoms with E-state index in [0.717, 1.165) is 16.9 Å². The number of carbonyl (C=O) groups excluding carboxylic acids is 1. The first kappa shape index (κ1) is 16.2. The van der Waals surface area contributed by atoms with Gasteiger partial charge < -0.3 is 11.1 Å². The van der Waals surface area contributed by atoms with E-state index < -0.39 is 0 Å². The lowest BCUT2D eigenvalue weighted by Crippen LogP contribution is -2.27. The fourth-order valence-corrected chi connectivity index (χ4v) is 3.14. The van der Waals surface area contributed by atoms with Crippen molar-refractivity contribution in [2.45, 2.75) is 25.8 Å². The minimum atomic E-state index is -0.113. The van der Waals surface area contributed by atoms with Crippen LogP contribution in [-0.2, 0) is 11.2 Å². The molecule has 3 aromatic rings. The second-order valence-corrected chi connectivity index (χ2v) is 6.37. The number of nitrogens with one attached hydrogen (secondary N) is 1. The molecule has 0 saturated heterocycles. The molecule has 1 aromatic carbocycles. The predicted molar refractivity (Wildman–Crippen MR) is 95.0 cm³/mol. The average molecular weight is 341 g/mol. The molecule has 3 rings (SSSR count). The van der Waals surface area contributed by atoms with Crippen molar-refractivity contribution in [3.63, 3.8) is 0 Å². The number of nitrogen functional groups attached to an aromatic ring is 1. The molecule has 0 aliphatic rings. The number of amides is 1. The van der Waals surface area contributed by atoms with Crippen molar-refractivity contribution in [2.75, 3.05) is 5.73 Å². The third kappa shape index (κ3) is 3.80. The molecular formula is C17H19N5OS. The lowest BCUT2D eigenvalue weighted by Gasteiger charge is -2.18. The Morgan fingerprint density at radius 2 is 2.21 bits per heavy atom. The normalized spacial score (nSPS) is 12.0. The topological polar surface area (TPSA) is 85.8 Å². The lowest BCUT2D eigenvalue weighted by molar-refractivity contribution is -0.121. The van der Waals surface area contributed by atoms with Gasteiger partial charge in [-0.25, -0.2) is 9.67 Å². The Balaban J connectivity index is 1.64. The van der Waals surface area contributed by atoms with Crippen molar-refractivity contribution in [2.24, 2.45) is 0 Å². The number of para-hydroxylation sites is 1. The highest BCUT2D eigenvalue weighted by Crippen LogP contribution is 2.21. The summed E-state index contributed by atoms with van der Waals surface area (Å²) in [5.41, 5.74) is 8.44. The monoisotopic (exact) mass is 341 g/mol. The van der Waals surface area contributed by atoms with Crippen LogP contribution in [0.25, 0.3) is 5.69 Å². The van der Waals surface area contributed by atoms with E-state index in [1.807, 2.05) is 48.8 Å². The molecule has 0 bridgehead atoms. The van der Waals surface area contributed by atoms with Crippen LogP contribution in [0, 0.1) is 0 Å². The summed E-state index contributed by atoms with van der Waals surface area (Å²) >= 11 is 1.39. The van der Waals surface area contributed by atoms with Gasteiger partial charge in [0.1, 0.15) is 0 Å². The van der Waals surface area contributed by atoms with Crippen LogP contribution in [-0.4, -0.2) is 20.7 Å². The van der Waals surface area contributed by atoms with E-state index in [1.54, 1.807) is 10.9 Å². The number of nitrogens with zero attached hydrogens (tertiary/aromatic N) is 3. The molecule has 1 atom stereocenters. The van der Waals surface area contributed by atoms with E-state index in [-0.39, 0.29) is 11.9 Å². The summed E-state index contributed by atoms with van der Waals surface area (Å²) in [6.07, 6.45) is 4.60. The molecule has 0 aliphatic carbocycles. The minimum Gasteiger partial charge on any atom is -0.375 e. The van der Waals surface area contributed by atoms with Gasteiger partial charge in [0.2, 0.25) is 5.91 Å². The number of carbonyl (C=O) groups is 1. The van der Waals surface area contributed by atoms with Crippen LogP contribution in [0.5, 0.6) is 0 Å². The Bertz CT molecular complexity index is 812. The molecule has 124 valence electrons. The fourth-order valence-electron chi connectivity index (χ4n) is 2.54. The molecule has 6 nitrogen and oxygen atoms in total. The van der Waals surface area contributed by atoms with Crippen LogP contribution >= 0.6 is 11.3 Å². The molecule has 1 unspecified atom stereocenters. The van der Waals surface area contributed by atoms with Gasteiger partial charge in [0.15, 0.2) is 5.13 Å². The molecule has 3 N–H and O–H groups in total. The SMILES string of the molecule is CC(NC(=O)CCc1csc(N)n1)c1ccccc1-n1cccn1. The first-order chi connectivity index (χ1) is 11.6. The molecule has 2 aromatic heterocycles. The van der Waals surface area contributed by atoms with Gasteiger partial charge in [-0.05, 0) is 31.0 Å². The van der Waals surface area contributed by atoms with E-state index in [4.69, 9.17) is 5.73 Å².